The molecule has 0 amide bonds. The van der Waals surface area contributed by atoms with Crippen molar-refractivity contribution in [2.45, 2.75) is 24.3 Å². The van der Waals surface area contributed by atoms with Gasteiger partial charge in [0.05, 0.1) is 16.5 Å². The number of rotatable bonds is 6. The van der Waals surface area contributed by atoms with E-state index >= 15 is 0 Å². The number of piperidine rings is 1. The van der Waals surface area contributed by atoms with Gasteiger partial charge in [-0.2, -0.15) is 4.31 Å². The zero-order chi connectivity index (χ0) is 18.6. The van der Waals surface area contributed by atoms with Crippen LogP contribution in [0, 0.1) is 11.7 Å². The maximum Gasteiger partial charge on any atom is 0.243 e. The average molecular weight is 398 g/mol. The highest BCUT2D eigenvalue weighted by molar-refractivity contribution is 7.89. The monoisotopic (exact) mass is 397 g/mol. The lowest BCUT2D eigenvalue weighted by molar-refractivity contribution is 0.0688. The molecule has 0 saturated carbocycles. The fraction of sp³-hybridized carbons (Fsp3) is 0.368. The molecule has 1 aliphatic heterocycles. The average Bonchev–Trinajstić information content (AvgIpc) is 2.65. The minimum absolute atomic E-state index is 0.0303. The molecule has 2 aromatic rings. The number of hydrogen-bond donors (Lipinski definition) is 0. The van der Waals surface area contributed by atoms with Gasteiger partial charge in [-0.25, -0.2) is 12.8 Å². The smallest absolute Gasteiger partial charge is 0.243 e. The van der Waals surface area contributed by atoms with Crippen molar-refractivity contribution in [1.82, 2.24) is 4.31 Å². The van der Waals surface area contributed by atoms with Gasteiger partial charge in [-0.15, -0.1) is 0 Å². The van der Waals surface area contributed by atoms with Crippen molar-refractivity contribution in [1.29, 1.82) is 0 Å². The Kier molecular flexibility index (Phi) is 6.29. The van der Waals surface area contributed by atoms with Crippen LogP contribution in [0.4, 0.5) is 4.39 Å². The molecule has 3 rings (SSSR count). The molecular formula is C19H21ClFNO3S. The summed E-state index contributed by atoms with van der Waals surface area (Å²) in [6.45, 7) is 2.03. The van der Waals surface area contributed by atoms with E-state index in [0.717, 1.165) is 24.5 Å². The first kappa shape index (κ1) is 19.3. The highest BCUT2D eigenvalue weighted by Crippen LogP contribution is 2.26. The minimum Gasteiger partial charge on any atom is -0.376 e. The zero-order valence-corrected chi connectivity index (χ0v) is 15.8. The second-order valence-electron chi connectivity index (χ2n) is 6.42. The summed E-state index contributed by atoms with van der Waals surface area (Å²) in [4.78, 5) is 0.0303. The maximum atomic E-state index is 13.3. The molecular weight excluding hydrogens is 377 g/mol. The normalized spacial score (nSPS) is 16.7. The third-order valence-corrected chi connectivity index (χ3v) is 6.75. The molecule has 2 aromatic carbocycles. The standard InChI is InChI=1S/C19H21ClFNO3S/c20-18-12-17(6-7-19(18)21)26(23,24)22-10-8-16(9-11-22)14-25-13-15-4-2-1-3-5-15/h1-7,12,16H,8-11,13-14H2. The van der Waals surface area contributed by atoms with Crippen LogP contribution < -0.4 is 0 Å². The van der Waals surface area contributed by atoms with Crippen LogP contribution in [0.15, 0.2) is 53.4 Å². The van der Waals surface area contributed by atoms with Gasteiger partial charge in [-0.1, -0.05) is 41.9 Å². The summed E-state index contributed by atoms with van der Waals surface area (Å²) in [6, 6.07) is 13.5. The first-order valence-electron chi connectivity index (χ1n) is 8.53. The summed E-state index contributed by atoms with van der Waals surface area (Å²) >= 11 is 5.72. The molecule has 0 atom stereocenters. The lowest BCUT2D eigenvalue weighted by atomic mass is 9.99. The van der Waals surface area contributed by atoms with Crippen LogP contribution in [0.1, 0.15) is 18.4 Å². The highest BCUT2D eigenvalue weighted by Gasteiger charge is 2.29. The van der Waals surface area contributed by atoms with Gasteiger partial charge in [0.1, 0.15) is 5.82 Å². The van der Waals surface area contributed by atoms with Crippen molar-refractivity contribution in [3.63, 3.8) is 0 Å². The third-order valence-electron chi connectivity index (χ3n) is 4.57. The van der Waals surface area contributed by atoms with Crippen molar-refractivity contribution in [2.75, 3.05) is 19.7 Å². The fourth-order valence-corrected chi connectivity index (χ4v) is 4.76. The molecule has 0 N–H and O–H groups in total. The zero-order valence-electron chi connectivity index (χ0n) is 14.3. The molecule has 0 bridgehead atoms. The van der Waals surface area contributed by atoms with Crippen molar-refractivity contribution in [3.05, 3.63) is 64.9 Å². The van der Waals surface area contributed by atoms with Gasteiger partial charge in [-0.05, 0) is 42.5 Å². The Morgan fingerprint density at radius 1 is 1.12 bits per heavy atom. The van der Waals surface area contributed by atoms with E-state index in [2.05, 4.69) is 0 Å². The van der Waals surface area contributed by atoms with Crippen LogP contribution in [-0.4, -0.2) is 32.4 Å². The summed E-state index contributed by atoms with van der Waals surface area (Å²) in [5.74, 6) is -0.290. The van der Waals surface area contributed by atoms with Crippen LogP contribution in [0.25, 0.3) is 0 Å². The lowest BCUT2D eigenvalue weighted by Crippen LogP contribution is -2.39. The Morgan fingerprint density at radius 3 is 2.46 bits per heavy atom. The Labute approximate surface area is 158 Å². The molecule has 26 heavy (non-hydrogen) atoms. The van der Waals surface area contributed by atoms with E-state index in [1.54, 1.807) is 0 Å². The highest BCUT2D eigenvalue weighted by atomic mass is 35.5. The Morgan fingerprint density at radius 2 is 1.81 bits per heavy atom. The number of benzene rings is 2. The number of halogens is 2. The molecule has 140 valence electrons. The number of sulfonamides is 1. The van der Waals surface area contributed by atoms with Gasteiger partial charge in [-0.3, -0.25) is 0 Å². The summed E-state index contributed by atoms with van der Waals surface area (Å²) in [5, 5.41) is -0.185. The molecule has 1 saturated heterocycles. The maximum absolute atomic E-state index is 13.3. The third kappa shape index (κ3) is 4.62. The van der Waals surface area contributed by atoms with Crippen LogP contribution in [0.3, 0.4) is 0 Å². The number of hydrogen-bond acceptors (Lipinski definition) is 3. The lowest BCUT2D eigenvalue weighted by Gasteiger charge is -2.31. The molecule has 1 fully saturated rings. The van der Waals surface area contributed by atoms with Crippen LogP contribution in [0.2, 0.25) is 5.02 Å². The van der Waals surface area contributed by atoms with Crippen molar-refractivity contribution in [2.24, 2.45) is 5.92 Å². The predicted molar refractivity (Wildman–Crippen MR) is 99.0 cm³/mol. The van der Waals surface area contributed by atoms with E-state index in [4.69, 9.17) is 16.3 Å². The van der Waals surface area contributed by atoms with Crippen LogP contribution in [0.5, 0.6) is 0 Å². The van der Waals surface area contributed by atoms with Crippen LogP contribution >= 0.6 is 11.6 Å². The molecule has 0 aliphatic carbocycles. The van der Waals surface area contributed by atoms with Gasteiger partial charge in [0, 0.05) is 19.7 Å². The minimum atomic E-state index is -3.65. The SMILES string of the molecule is O=S(=O)(c1ccc(F)c(Cl)c1)N1CCC(COCc2ccccc2)CC1. The quantitative estimate of drug-likeness (QED) is 0.737. The van der Waals surface area contributed by atoms with E-state index in [0.29, 0.717) is 32.2 Å². The Bertz CT molecular complexity index is 837. The first-order chi connectivity index (χ1) is 12.5. The van der Waals surface area contributed by atoms with Crippen molar-refractivity contribution >= 4 is 21.6 Å². The second-order valence-corrected chi connectivity index (χ2v) is 8.77. The molecule has 1 heterocycles. The summed E-state index contributed by atoms with van der Waals surface area (Å²) < 4.78 is 45.8. The van der Waals surface area contributed by atoms with E-state index in [1.165, 1.54) is 16.4 Å². The largest absolute Gasteiger partial charge is 0.376 e. The van der Waals surface area contributed by atoms with Gasteiger partial charge in [0.25, 0.3) is 0 Å². The predicted octanol–water partition coefficient (Wildman–Crippen LogP) is 4.10. The molecule has 7 heteroatoms. The van der Waals surface area contributed by atoms with E-state index in [-0.39, 0.29) is 9.92 Å². The summed E-state index contributed by atoms with van der Waals surface area (Å²) in [7, 11) is -3.65. The molecule has 0 unspecified atom stereocenters. The van der Waals surface area contributed by atoms with E-state index in [1.807, 2.05) is 30.3 Å². The number of nitrogens with zero attached hydrogens (tertiary/aromatic N) is 1. The van der Waals surface area contributed by atoms with Gasteiger partial charge in [0.2, 0.25) is 10.0 Å². The molecule has 0 spiro atoms. The summed E-state index contributed by atoms with van der Waals surface area (Å²) in [5.41, 5.74) is 1.13. The first-order valence-corrected chi connectivity index (χ1v) is 10.4. The molecule has 0 aromatic heterocycles. The molecule has 4 nitrogen and oxygen atoms in total. The van der Waals surface area contributed by atoms with Gasteiger partial charge >= 0.3 is 0 Å². The second kappa shape index (κ2) is 8.48. The molecule has 0 radical (unpaired) electrons. The van der Waals surface area contributed by atoms with Crippen molar-refractivity contribution < 1.29 is 17.5 Å². The van der Waals surface area contributed by atoms with Gasteiger partial charge in [0.15, 0.2) is 0 Å². The Balaban J connectivity index is 1.52. The van der Waals surface area contributed by atoms with Crippen molar-refractivity contribution in [3.8, 4) is 0 Å². The summed E-state index contributed by atoms with van der Waals surface area (Å²) in [6.07, 6.45) is 1.48. The topological polar surface area (TPSA) is 46.6 Å². The Hall–Kier alpha value is -1.47. The van der Waals surface area contributed by atoms with E-state index < -0.39 is 15.8 Å². The number of ether oxygens (including phenoxy) is 1. The molecule has 1 aliphatic rings. The van der Waals surface area contributed by atoms with Gasteiger partial charge < -0.3 is 4.74 Å². The van der Waals surface area contributed by atoms with Crippen LogP contribution in [-0.2, 0) is 21.4 Å². The fourth-order valence-electron chi connectivity index (χ4n) is 3.02. The van der Waals surface area contributed by atoms with E-state index in [9.17, 15) is 12.8 Å².